The molecule has 0 fully saturated rings. The Morgan fingerprint density at radius 2 is 1.58 bits per heavy atom. The summed E-state index contributed by atoms with van der Waals surface area (Å²) in [4.78, 5) is 36.7. The van der Waals surface area contributed by atoms with E-state index in [1.54, 1.807) is 30.3 Å². The van der Waals surface area contributed by atoms with Gasteiger partial charge in [-0.3, -0.25) is 4.79 Å². The Labute approximate surface area is 178 Å². The van der Waals surface area contributed by atoms with Crippen molar-refractivity contribution in [2.75, 3.05) is 11.9 Å². The molecule has 154 valence electrons. The van der Waals surface area contributed by atoms with Gasteiger partial charge < -0.3 is 14.5 Å². The molecule has 6 heteroatoms. The van der Waals surface area contributed by atoms with Crippen molar-refractivity contribution in [1.29, 1.82) is 0 Å². The van der Waals surface area contributed by atoms with Crippen LogP contribution in [0.4, 0.5) is 5.69 Å². The number of rotatable bonds is 6. The van der Waals surface area contributed by atoms with Gasteiger partial charge in [0.15, 0.2) is 6.61 Å². The lowest BCUT2D eigenvalue weighted by Gasteiger charge is -2.11. The molecule has 0 atom stereocenters. The van der Waals surface area contributed by atoms with Crippen LogP contribution in [0, 0.1) is 0 Å². The van der Waals surface area contributed by atoms with E-state index in [2.05, 4.69) is 5.32 Å². The summed E-state index contributed by atoms with van der Waals surface area (Å²) in [6.45, 7) is -0.523. The average Bonchev–Trinajstić information content (AvgIpc) is 2.79. The second-order valence-corrected chi connectivity index (χ2v) is 6.93. The van der Waals surface area contributed by atoms with E-state index in [-0.39, 0.29) is 5.56 Å². The largest absolute Gasteiger partial charge is 0.452 e. The second kappa shape index (κ2) is 9.09. The first-order chi connectivity index (χ1) is 15.1. The van der Waals surface area contributed by atoms with Gasteiger partial charge in [0.25, 0.3) is 5.91 Å². The number of hydrogen-bond donors (Lipinski definition) is 1. The van der Waals surface area contributed by atoms with Crippen LogP contribution in [0.1, 0.15) is 21.5 Å². The number of fused-ring (bicyclic) bond motifs is 1. The lowest BCUT2D eigenvalue weighted by atomic mass is 10.0. The second-order valence-electron chi connectivity index (χ2n) is 6.93. The molecule has 0 saturated heterocycles. The number of para-hydroxylation sites is 2. The third kappa shape index (κ3) is 4.87. The van der Waals surface area contributed by atoms with Crippen molar-refractivity contribution in [3.8, 4) is 0 Å². The molecule has 1 N–H and O–H groups in total. The first-order valence-corrected chi connectivity index (χ1v) is 9.72. The van der Waals surface area contributed by atoms with Crippen molar-refractivity contribution in [3.63, 3.8) is 0 Å². The minimum atomic E-state index is -0.910. The summed E-state index contributed by atoms with van der Waals surface area (Å²) in [5.74, 6) is -1.41. The van der Waals surface area contributed by atoms with Crippen LogP contribution in [0.25, 0.3) is 11.0 Å². The lowest BCUT2D eigenvalue weighted by Crippen LogP contribution is -2.24. The molecule has 1 heterocycles. The SMILES string of the molecule is O=C(COC(=O)c1cc2ccccc2oc1=O)Nc1ccccc1Cc1ccccc1. The predicted molar refractivity (Wildman–Crippen MR) is 117 cm³/mol. The van der Waals surface area contributed by atoms with Gasteiger partial charge >= 0.3 is 11.6 Å². The van der Waals surface area contributed by atoms with Crippen molar-refractivity contribution in [2.24, 2.45) is 0 Å². The smallest absolute Gasteiger partial charge is 0.351 e. The van der Waals surface area contributed by atoms with E-state index in [4.69, 9.17) is 9.15 Å². The van der Waals surface area contributed by atoms with Crippen molar-refractivity contribution in [2.45, 2.75) is 6.42 Å². The molecular formula is C25H19NO5. The molecule has 4 rings (SSSR count). The van der Waals surface area contributed by atoms with Gasteiger partial charge in [-0.15, -0.1) is 0 Å². The van der Waals surface area contributed by atoms with Crippen molar-refractivity contribution < 1.29 is 18.7 Å². The van der Waals surface area contributed by atoms with Crippen LogP contribution in [0.2, 0.25) is 0 Å². The predicted octanol–water partition coefficient (Wildman–Crippen LogP) is 4.18. The molecule has 1 aromatic heterocycles. The number of anilines is 1. The maximum atomic E-state index is 12.4. The number of esters is 1. The Morgan fingerprint density at radius 1 is 0.871 bits per heavy atom. The van der Waals surface area contributed by atoms with Gasteiger partial charge in [0.2, 0.25) is 0 Å². The summed E-state index contributed by atoms with van der Waals surface area (Å²) in [5.41, 5.74) is 1.99. The molecule has 0 spiro atoms. The van der Waals surface area contributed by atoms with Gasteiger partial charge in [-0.1, -0.05) is 66.7 Å². The van der Waals surface area contributed by atoms with Gasteiger partial charge in [0.1, 0.15) is 11.1 Å². The first-order valence-electron chi connectivity index (χ1n) is 9.72. The Balaban J connectivity index is 1.42. The van der Waals surface area contributed by atoms with Crippen molar-refractivity contribution >= 4 is 28.5 Å². The molecular weight excluding hydrogens is 394 g/mol. The zero-order valence-corrected chi connectivity index (χ0v) is 16.5. The Kier molecular flexibility index (Phi) is 5.89. The topological polar surface area (TPSA) is 85.6 Å². The molecule has 6 nitrogen and oxygen atoms in total. The van der Waals surface area contributed by atoms with Gasteiger partial charge in [0, 0.05) is 11.1 Å². The number of carbonyl (C=O) groups is 2. The van der Waals surface area contributed by atoms with Crippen LogP contribution in [-0.2, 0) is 16.0 Å². The Morgan fingerprint density at radius 3 is 2.42 bits per heavy atom. The normalized spacial score (nSPS) is 10.6. The Bertz CT molecular complexity index is 1290. The third-order valence-corrected chi connectivity index (χ3v) is 4.72. The number of amides is 1. The van der Waals surface area contributed by atoms with E-state index in [9.17, 15) is 14.4 Å². The molecule has 0 bridgehead atoms. The zero-order chi connectivity index (χ0) is 21.6. The van der Waals surface area contributed by atoms with E-state index in [0.717, 1.165) is 11.1 Å². The summed E-state index contributed by atoms with van der Waals surface area (Å²) < 4.78 is 10.2. The van der Waals surface area contributed by atoms with Crippen molar-refractivity contribution in [3.05, 3.63) is 112 Å². The maximum absolute atomic E-state index is 12.4. The van der Waals surface area contributed by atoms with Gasteiger partial charge in [0.05, 0.1) is 0 Å². The molecule has 0 radical (unpaired) electrons. The minimum Gasteiger partial charge on any atom is -0.452 e. The molecule has 1 amide bonds. The van der Waals surface area contributed by atoms with E-state index in [1.807, 2.05) is 48.5 Å². The summed E-state index contributed by atoms with van der Waals surface area (Å²) in [6.07, 6.45) is 0.648. The summed E-state index contributed by atoms with van der Waals surface area (Å²) in [5, 5.41) is 3.36. The molecule has 31 heavy (non-hydrogen) atoms. The lowest BCUT2D eigenvalue weighted by molar-refractivity contribution is -0.119. The van der Waals surface area contributed by atoms with Gasteiger partial charge in [-0.25, -0.2) is 9.59 Å². The fourth-order valence-electron chi connectivity index (χ4n) is 3.21. The number of carbonyl (C=O) groups excluding carboxylic acids is 2. The van der Waals surface area contributed by atoms with Gasteiger partial charge in [-0.2, -0.15) is 0 Å². The summed E-state index contributed by atoms with van der Waals surface area (Å²) >= 11 is 0. The fourth-order valence-corrected chi connectivity index (χ4v) is 3.21. The highest BCUT2D eigenvalue weighted by Gasteiger charge is 2.17. The molecule has 0 aliphatic carbocycles. The maximum Gasteiger partial charge on any atom is 0.351 e. The summed E-state index contributed by atoms with van der Waals surface area (Å²) in [7, 11) is 0. The fraction of sp³-hybridized carbons (Fsp3) is 0.0800. The van der Waals surface area contributed by atoms with Crippen LogP contribution < -0.4 is 10.9 Å². The van der Waals surface area contributed by atoms with E-state index in [0.29, 0.717) is 23.1 Å². The van der Waals surface area contributed by atoms with Crippen LogP contribution in [0.3, 0.4) is 0 Å². The van der Waals surface area contributed by atoms with E-state index >= 15 is 0 Å². The minimum absolute atomic E-state index is 0.254. The van der Waals surface area contributed by atoms with Crippen LogP contribution >= 0.6 is 0 Å². The van der Waals surface area contributed by atoms with Crippen LogP contribution in [-0.4, -0.2) is 18.5 Å². The molecule has 0 aliphatic rings. The third-order valence-electron chi connectivity index (χ3n) is 4.72. The monoisotopic (exact) mass is 413 g/mol. The quantitative estimate of drug-likeness (QED) is 0.379. The van der Waals surface area contributed by atoms with E-state index in [1.165, 1.54) is 6.07 Å². The van der Waals surface area contributed by atoms with Crippen LogP contribution in [0.15, 0.2) is 94.1 Å². The number of benzene rings is 3. The standard InChI is InChI=1S/C25H19NO5/c27-23(26-21-12-6-4-10-18(21)14-17-8-2-1-3-9-17)16-30-24(28)20-15-19-11-5-7-13-22(19)31-25(20)29/h1-13,15H,14,16H2,(H,26,27). The number of nitrogens with one attached hydrogen (secondary N) is 1. The van der Waals surface area contributed by atoms with Gasteiger partial charge in [-0.05, 0) is 35.7 Å². The molecule has 0 saturated carbocycles. The first kappa shape index (κ1) is 20.1. The molecule has 4 aromatic rings. The average molecular weight is 413 g/mol. The highest BCUT2D eigenvalue weighted by Crippen LogP contribution is 2.19. The molecule has 0 aliphatic heterocycles. The summed E-state index contributed by atoms with van der Waals surface area (Å²) in [6, 6.07) is 25.5. The number of ether oxygens (including phenoxy) is 1. The van der Waals surface area contributed by atoms with Crippen molar-refractivity contribution in [1.82, 2.24) is 0 Å². The highest BCUT2D eigenvalue weighted by atomic mass is 16.5. The molecule has 0 unspecified atom stereocenters. The zero-order valence-electron chi connectivity index (χ0n) is 16.5. The molecule has 3 aromatic carbocycles. The highest BCUT2D eigenvalue weighted by molar-refractivity contribution is 5.97. The number of hydrogen-bond acceptors (Lipinski definition) is 5. The van der Waals surface area contributed by atoms with E-state index < -0.39 is 24.1 Å². The van der Waals surface area contributed by atoms with Crippen LogP contribution in [0.5, 0.6) is 0 Å². The Hall–Kier alpha value is -4.19.